The van der Waals surface area contributed by atoms with Gasteiger partial charge in [0.25, 0.3) is 0 Å². The third-order valence-electron chi connectivity index (χ3n) is 7.20. The Kier molecular flexibility index (Phi) is 11.3. The smallest absolute Gasteiger partial charge is 0.246 e. The van der Waals surface area contributed by atoms with Crippen LogP contribution in [0.2, 0.25) is 0 Å². The summed E-state index contributed by atoms with van der Waals surface area (Å²) in [5, 5.41) is 15.9. The van der Waals surface area contributed by atoms with Crippen LogP contribution in [0.4, 0.5) is 0 Å². The van der Waals surface area contributed by atoms with E-state index in [1.807, 2.05) is 32.9 Å². The van der Waals surface area contributed by atoms with Crippen LogP contribution in [0.1, 0.15) is 89.3 Å². The lowest BCUT2D eigenvalue weighted by atomic mass is 9.85. The van der Waals surface area contributed by atoms with E-state index in [-0.39, 0.29) is 42.9 Å². The van der Waals surface area contributed by atoms with Gasteiger partial charge in [-0.2, -0.15) is 0 Å². The summed E-state index contributed by atoms with van der Waals surface area (Å²) in [6.07, 6.45) is 3.33. The van der Waals surface area contributed by atoms with Gasteiger partial charge in [0, 0.05) is 32.4 Å². The third kappa shape index (κ3) is 9.26. The summed E-state index contributed by atoms with van der Waals surface area (Å²) in [6, 6.07) is 4.65. The van der Waals surface area contributed by atoms with Gasteiger partial charge in [-0.1, -0.05) is 51.8 Å². The van der Waals surface area contributed by atoms with Crippen molar-refractivity contribution >= 4 is 23.5 Å². The average Bonchev–Trinajstić information content (AvgIpc) is 3.21. The number of aliphatic hydroxyl groups is 1. The molecule has 0 radical (unpaired) electrons. The molecule has 1 heterocycles. The quantitative estimate of drug-likeness (QED) is 0.369. The van der Waals surface area contributed by atoms with E-state index in [9.17, 15) is 24.3 Å². The number of unbranched alkanes of at least 4 members (excludes halogenated alkanes) is 3. The van der Waals surface area contributed by atoms with Crippen molar-refractivity contribution in [3.8, 4) is 0 Å². The monoisotopic (exact) mass is 515 g/mol. The number of rotatable bonds is 12. The molecule has 0 aromatic heterocycles. The van der Waals surface area contributed by atoms with Crippen LogP contribution in [0, 0.1) is 19.3 Å². The molecule has 3 atom stereocenters. The predicted octanol–water partition coefficient (Wildman–Crippen LogP) is 3.34. The first kappa shape index (κ1) is 30.5. The van der Waals surface area contributed by atoms with Crippen molar-refractivity contribution in [1.29, 1.82) is 0 Å². The van der Waals surface area contributed by atoms with E-state index in [1.54, 1.807) is 0 Å². The van der Waals surface area contributed by atoms with Crippen molar-refractivity contribution in [2.24, 2.45) is 5.41 Å². The minimum Gasteiger partial charge on any atom is -0.391 e. The van der Waals surface area contributed by atoms with E-state index in [1.165, 1.54) is 23.0 Å². The van der Waals surface area contributed by atoms with Crippen LogP contribution in [0.3, 0.4) is 0 Å². The number of hydrogen-bond acceptors (Lipinski definition) is 5. The van der Waals surface area contributed by atoms with Gasteiger partial charge >= 0.3 is 0 Å². The summed E-state index contributed by atoms with van der Waals surface area (Å²) in [5.74, 6) is -0.674. The number of nitrogens with one attached hydrogen (secondary N) is 2. The number of carbonyl (C=O) groups is 4. The van der Waals surface area contributed by atoms with Crippen molar-refractivity contribution in [2.75, 3.05) is 6.54 Å². The molecule has 3 amide bonds. The maximum Gasteiger partial charge on any atom is 0.246 e. The molecular formula is C29H45N3O5. The summed E-state index contributed by atoms with van der Waals surface area (Å²) in [7, 11) is 0. The van der Waals surface area contributed by atoms with Gasteiger partial charge in [-0.3, -0.25) is 19.2 Å². The minimum absolute atomic E-state index is 0.0288. The molecular weight excluding hydrogens is 470 g/mol. The molecule has 0 unspecified atom stereocenters. The summed E-state index contributed by atoms with van der Waals surface area (Å²) in [4.78, 5) is 51.5. The van der Waals surface area contributed by atoms with Gasteiger partial charge in [0.05, 0.1) is 12.1 Å². The second kappa shape index (κ2) is 13.7. The zero-order valence-corrected chi connectivity index (χ0v) is 23.4. The molecule has 0 aliphatic carbocycles. The van der Waals surface area contributed by atoms with Crippen LogP contribution in [-0.2, 0) is 25.7 Å². The number of carbonyl (C=O) groups excluding carboxylic acids is 4. The molecule has 1 aliphatic rings. The highest BCUT2D eigenvalue weighted by molar-refractivity contribution is 5.93. The van der Waals surface area contributed by atoms with Crippen LogP contribution in [-0.4, -0.2) is 58.2 Å². The van der Waals surface area contributed by atoms with Crippen LogP contribution >= 0.6 is 0 Å². The van der Waals surface area contributed by atoms with Crippen molar-refractivity contribution < 1.29 is 24.3 Å². The summed E-state index contributed by atoms with van der Waals surface area (Å²) in [6.45, 7) is 11.8. The zero-order valence-electron chi connectivity index (χ0n) is 23.4. The molecule has 1 aliphatic heterocycles. The Balaban J connectivity index is 1.72. The Labute approximate surface area is 221 Å². The molecule has 1 aromatic rings. The maximum absolute atomic E-state index is 13.3. The Morgan fingerprint density at radius 2 is 1.65 bits per heavy atom. The van der Waals surface area contributed by atoms with Crippen molar-refractivity contribution in [1.82, 2.24) is 15.5 Å². The van der Waals surface area contributed by atoms with E-state index >= 15 is 0 Å². The fourth-order valence-corrected chi connectivity index (χ4v) is 4.70. The molecule has 8 heteroatoms. The van der Waals surface area contributed by atoms with E-state index in [0.717, 1.165) is 24.8 Å². The first-order chi connectivity index (χ1) is 17.3. The van der Waals surface area contributed by atoms with Gasteiger partial charge in [-0.25, -0.2) is 0 Å². The van der Waals surface area contributed by atoms with Gasteiger partial charge < -0.3 is 20.6 Å². The predicted molar refractivity (Wildman–Crippen MR) is 144 cm³/mol. The molecule has 3 N–H and O–H groups in total. The molecule has 1 saturated heterocycles. The number of β-amino-alcohol motifs (C(OH)–C–C–N with tert-alkyl or cyclic N) is 1. The Morgan fingerprint density at radius 1 is 1.03 bits per heavy atom. The third-order valence-corrected chi connectivity index (χ3v) is 7.20. The number of Topliss-reactive ketones (excluding diaryl/α,β-unsaturated/α-hetero) is 1. The van der Waals surface area contributed by atoms with Crippen molar-refractivity contribution in [3.05, 3.63) is 34.9 Å². The molecule has 1 aromatic carbocycles. The molecule has 0 bridgehead atoms. The average molecular weight is 516 g/mol. The lowest BCUT2D eigenvalue weighted by Gasteiger charge is -2.35. The van der Waals surface area contributed by atoms with Crippen molar-refractivity contribution in [3.63, 3.8) is 0 Å². The number of benzene rings is 1. The molecule has 0 spiro atoms. The minimum atomic E-state index is -0.784. The molecule has 206 valence electrons. The molecule has 0 saturated carbocycles. The summed E-state index contributed by atoms with van der Waals surface area (Å²) in [5.41, 5.74) is 2.99. The van der Waals surface area contributed by atoms with Crippen LogP contribution in [0.25, 0.3) is 0 Å². The summed E-state index contributed by atoms with van der Waals surface area (Å²) < 4.78 is 0. The maximum atomic E-state index is 13.3. The number of hydrogen-bond donors (Lipinski definition) is 3. The second-order valence-electron chi connectivity index (χ2n) is 11.4. The largest absolute Gasteiger partial charge is 0.391 e. The van der Waals surface area contributed by atoms with Crippen molar-refractivity contribution in [2.45, 2.75) is 111 Å². The molecule has 2 rings (SSSR count). The molecule has 1 fully saturated rings. The Bertz CT molecular complexity index is 969. The van der Waals surface area contributed by atoms with Crippen LogP contribution < -0.4 is 10.6 Å². The normalized spacial score (nSPS) is 18.4. The van der Waals surface area contributed by atoms with E-state index in [2.05, 4.69) is 30.5 Å². The standard InChI is InChI=1S/C29H45N3O5/c1-19-12-11-13-22(20(19)2)17-30-25(35)14-9-7-8-10-15-26(36)31-27(29(4,5)6)28(37)32-18-23(34)16-24(32)21(3)33/h11-13,23-24,27,34H,7-10,14-18H2,1-6H3,(H,30,35)(H,31,36)/t23-,24+,27-/m1/s1. The Hall–Kier alpha value is -2.74. The SMILES string of the molecule is CC(=O)[C@@H]1C[C@@H](O)CN1C(=O)[C@@H](NC(=O)CCCCCCC(=O)NCc1cccc(C)c1C)C(C)(C)C. The Morgan fingerprint density at radius 3 is 2.24 bits per heavy atom. The first-order valence-corrected chi connectivity index (χ1v) is 13.4. The van der Waals surface area contributed by atoms with Crippen LogP contribution in [0.5, 0.6) is 0 Å². The molecule has 37 heavy (non-hydrogen) atoms. The van der Waals surface area contributed by atoms with Gasteiger partial charge in [-0.15, -0.1) is 0 Å². The first-order valence-electron chi connectivity index (χ1n) is 13.4. The lowest BCUT2D eigenvalue weighted by molar-refractivity contribution is -0.143. The number of aliphatic hydroxyl groups excluding tert-OH is 1. The zero-order chi connectivity index (χ0) is 27.8. The highest BCUT2D eigenvalue weighted by Crippen LogP contribution is 2.26. The van der Waals surface area contributed by atoms with Gasteiger partial charge in [0.2, 0.25) is 17.7 Å². The van der Waals surface area contributed by atoms with Crippen LogP contribution in [0.15, 0.2) is 18.2 Å². The second-order valence-corrected chi connectivity index (χ2v) is 11.4. The van der Waals surface area contributed by atoms with E-state index in [0.29, 0.717) is 19.4 Å². The number of nitrogens with zero attached hydrogens (tertiary/aromatic N) is 1. The van der Waals surface area contributed by atoms with E-state index in [4.69, 9.17) is 0 Å². The fraction of sp³-hybridized carbons (Fsp3) is 0.655. The molecule has 8 nitrogen and oxygen atoms in total. The number of amides is 3. The van der Waals surface area contributed by atoms with Gasteiger partial charge in [0.1, 0.15) is 6.04 Å². The summed E-state index contributed by atoms with van der Waals surface area (Å²) >= 11 is 0. The van der Waals surface area contributed by atoms with Gasteiger partial charge in [0.15, 0.2) is 5.78 Å². The van der Waals surface area contributed by atoms with E-state index < -0.39 is 23.6 Å². The lowest BCUT2D eigenvalue weighted by Crippen LogP contribution is -2.56. The highest BCUT2D eigenvalue weighted by Gasteiger charge is 2.43. The fourth-order valence-electron chi connectivity index (χ4n) is 4.70. The van der Waals surface area contributed by atoms with Gasteiger partial charge in [-0.05, 0) is 55.7 Å². The number of ketones is 1. The number of aryl methyl sites for hydroxylation is 1. The topological polar surface area (TPSA) is 116 Å². The number of likely N-dealkylation sites (tertiary alicyclic amines) is 1. The highest BCUT2D eigenvalue weighted by atomic mass is 16.3.